The number of rotatable bonds is 5. The number of ketones is 1. The quantitative estimate of drug-likeness (QED) is 0.174. The number of ether oxygens (including phenoxy) is 1. The van der Waals surface area contributed by atoms with Gasteiger partial charge in [0.15, 0.2) is 5.75 Å². The summed E-state index contributed by atoms with van der Waals surface area (Å²) in [6.07, 6.45) is 0. The zero-order valence-corrected chi connectivity index (χ0v) is 19.5. The Hall–Kier alpha value is -4.73. The van der Waals surface area contributed by atoms with Crippen molar-refractivity contribution in [2.24, 2.45) is 0 Å². The molecule has 2 N–H and O–H groups in total. The predicted octanol–water partition coefficient (Wildman–Crippen LogP) is 4.69. The molecule has 36 heavy (non-hydrogen) atoms. The second-order valence-electron chi connectivity index (χ2n) is 8.32. The van der Waals surface area contributed by atoms with Gasteiger partial charge < -0.3 is 14.9 Å². The number of benzene rings is 3. The number of Topliss-reactive ketones (excluding diaryl/α,β-unsaturated/α-hetero) is 1. The molecule has 1 atom stereocenters. The molecule has 9 nitrogen and oxygen atoms in total. The van der Waals surface area contributed by atoms with Crippen LogP contribution in [-0.2, 0) is 9.59 Å². The van der Waals surface area contributed by atoms with Crippen LogP contribution in [0.1, 0.15) is 28.3 Å². The number of amides is 1. The Labute approximate surface area is 204 Å². The Balaban J connectivity index is 2.06. The van der Waals surface area contributed by atoms with Crippen molar-refractivity contribution in [3.05, 3.63) is 98.4 Å². The number of phenolic OH excluding ortho intramolecular Hbond substituents is 1. The molecule has 3 aromatic carbocycles. The number of nitro benzene ring substituents is 1. The molecule has 0 radical (unpaired) electrons. The number of aryl methyl sites for hydroxylation is 2. The lowest BCUT2D eigenvalue weighted by molar-refractivity contribution is -0.385. The average molecular weight is 492 g/mol. The highest BCUT2D eigenvalue weighted by molar-refractivity contribution is 6.51. The number of phenols is 1. The average Bonchev–Trinajstić information content (AvgIpc) is 3.08. The minimum Gasteiger partial charge on any atom is -0.507 e. The van der Waals surface area contributed by atoms with E-state index in [9.17, 15) is 34.3 Å². The van der Waals surface area contributed by atoms with Gasteiger partial charge in [-0.1, -0.05) is 18.2 Å². The molecule has 0 aromatic heterocycles. The summed E-state index contributed by atoms with van der Waals surface area (Å²) in [5.41, 5.74) is 0.567. The number of aliphatic hydroxyl groups excluding tert-OH is 1. The van der Waals surface area contributed by atoms with Crippen LogP contribution in [0, 0.1) is 29.8 Å². The summed E-state index contributed by atoms with van der Waals surface area (Å²) in [6.45, 7) is 3.52. The second kappa shape index (κ2) is 9.14. The van der Waals surface area contributed by atoms with Crippen molar-refractivity contribution in [2.75, 3.05) is 12.0 Å². The van der Waals surface area contributed by atoms with Crippen molar-refractivity contribution >= 4 is 28.8 Å². The van der Waals surface area contributed by atoms with Crippen molar-refractivity contribution < 1.29 is 33.9 Å². The van der Waals surface area contributed by atoms with Crippen LogP contribution in [0.5, 0.6) is 11.5 Å². The second-order valence-corrected chi connectivity index (χ2v) is 8.32. The number of hydrogen-bond acceptors (Lipinski definition) is 7. The van der Waals surface area contributed by atoms with Gasteiger partial charge in [-0.15, -0.1) is 0 Å². The number of nitro groups is 1. The van der Waals surface area contributed by atoms with Crippen LogP contribution < -0.4 is 9.64 Å². The summed E-state index contributed by atoms with van der Waals surface area (Å²) in [5, 5.41) is 32.8. The van der Waals surface area contributed by atoms with Crippen LogP contribution in [0.4, 0.5) is 15.8 Å². The molecule has 1 unspecified atom stereocenters. The zero-order valence-electron chi connectivity index (χ0n) is 19.5. The molecule has 1 saturated heterocycles. The molecule has 0 bridgehead atoms. The van der Waals surface area contributed by atoms with E-state index >= 15 is 0 Å². The molecule has 0 spiro atoms. The molecule has 0 saturated carbocycles. The lowest BCUT2D eigenvalue weighted by Crippen LogP contribution is -2.29. The summed E-state index contributed by atoms with van der Waals surface area (Å²) in [4.78, 5) is 38.1. The highest BCUT2D eigenvalue weighted by Crippen LogP contribution is 2.45. The van der Waals surface area contributed by atoms with E-state index in [2.05, 4.69) is 0 Å². The van der Waals surface area contributed by atoms with Crippen LogP contribution >= 0.6 is 0 Å². The minimum absolute atomic E-state index is 0.00395. The molecular weight excluding hydrogens is 471 g/mol. The van der Waals surface area contributed by atoms with Gasteiger partial charge in [-0.25, -0.2) is 4.39 Å². The first-order chi connectivity index (χ1) is 17.0. The molecule has 184 valence electrons. The first-order valence-electron chi connectivity index (χ1n) is 10.7. The van der Waals surface area contributed by atoms with Gasteiger partial charge in [0.1, 0.15) is 17.3 Å². The van der Waals surface area contributed by atoms with Crippen LogP contribution in [-0.4, -0.2) is 33.9 Å². The largest absolute Gasteiger partial charge is 0.507 e. The molecule has 10 heteroatoms. The van der Waals surface area contributed by atoms with Gasteiger partial charge in [-0.3, -0.25) is 24.6 Å². The summed E-state index contributed by atoms with van der Waals surface area (Å²) in [5.74, 6) is -3.73. The Kier molecular flexibility index (Phi) is 6.19. The van der Waals surface area contributed by atoms with Crippen molar-refractivity contribution in [3.63, 3.8) is 0 Å². The van der Waals surface area contributed by atoms with Crippen molar-refractivity contribution in [3.8, 4) is 11.5 Å². The van der Waals surface area contributed by atoms with Gasteiger partial charge >= 0.3 is 5.69 Å². The fraction of sp³-hybridized carbons (Fsp3) is 0.154. The monoisotopic (exact) mass is 492 g/mol. The fourth-order valence-corrected chi connectivity index (χ4v) is 4.44. The number of anilines is 1. The van der Waals surface area contributed by atoms with E-state index in [1.165, 1.54) is 25.3 Å². The maximum atomic E-state index is 14.1. The maximum Gasteiger partial charge on any atom is 0.311 e. The fourth-order valence-electron chi connectivity index (χ4n) is 4.44. The Bertz CT molecular complexity index is 1460. The number of aliphatic hydroxyl groups is 1. The number of halogens is 1. The van der Waals surface area contributed by atoms with E-state index in [0.717, 1.165) is 34.7 Å². The smallest absolute Gasteiger partial charge is 0.311 e. The van der Waals surface area contributed by atoms with E-state index in [1.54, 1.807) is 19.9 Å². The van der Waals surface area contributed by atoms with Crippen LogP contribution in [0.25, 0.3) is 5.76 Å². The van der Waals surface area contributed by atoms with Crippen molar-refractivity contribution in [1.29, 1.82) is 0 Å². The van der Waals surface area contributed by atoms with Crippen molar-refractivity contribution in [1.82, 2.24) is 0 Å². The summed E-state index contributed by atoms with van der Waals surface area (Å²) in [6, 6.07) is 10.3. The Morgan fingerprint density at radius 1 is 1.11 bits per heavy atom. The number of carbonyl (C=O) groups excluding carboxylic acids is 2. The predicted molar refractivity (Wildman–Crippen MR) is 128 cm³/mol. The van der Waals surface area contributed by atoms with E-state index in [-0.39, 0.29) is 28.1 Å². The van der Waals surface area contributed by atoms with Crippen molar-refractivity contribution in [2.45, 2.75) is 19.9 Å². The molecule has 4 rings (SSSR count). The van der Waals surface area contributed by atoms with Gasteiger partial charge in [0.25, 0.3) is 11.7 Å². The molecule has 1 aliphatic rings. The van der Waals surface area contributed by atoms with Gasteiger partial charge in [-0.2, -0.15) is 0 Å². The zero-order chi connectivity index (χ0) is 26.3. The summed E-state index contributed by atoms with van der Waals surface area (Å²) >= 11 is 0. The highest BCUT2D eigenvalue weighted by atomic mass is 19.1. The van der Waals surface area contributed by atoms with Gasteiger partial charge in [0, 0.05) is 11.8 Å². The lowest BCUT2D eigenvalue weighted by Gasteiger charge is -2.25. The third-order valence-electron chi connectivity index (χ3n) is 5.92. The van der Waals surface area contributed by atoms with Gasteiger partial charge in [-0.05, 0) is 60.9 Å². The molecule has 0 aliphatic carbocycles. The van der Waals surface area contributed by atoms with Crippen LogP contribution in [0.15, 0.2) is 60.2 Å². The number of nitrogens with zero attached hydrogens (tertiary/aromatic N) is 2. The molecule has 3 aromatic rings. The van der Waals surface area contributed by atoms with E-state index in [1.807, 2.05) is 6.07 Å². The summed E-state index contributed by atoms with van der Waals surface area (Å²) in [7, 11) is 1.39. The number of methoxy groups -OCH3 is 1. The maximum absolute atomic E-state index is 14.1. The number of aromatic hydroxyl groups is 1. The van der Waals surface area contributed by atoms with Crippen LogP contribution in [0.2, 0.25) is 0 Å². The molecular formula is C26H21FN2O7. The molecule has 1 aliphatic heterocycles. The third kappa shape index (κ3) is 4.02. The molecule has 1 heterocycles. The van der Waals surface area contributed by atoms with Gasteiger partial charge in [0.2, 0.25) is 0 Å². The van der Waals surface area contributed by atoms with Crippen LogP contribution in [0.3, 0.4) is 0 Å². The van der Waals surface area contributed by atoms with E-state index in [0.29, 0.717) is 5.56 Å². The highest BCUT2D eigenvalue weighted by Gasteiger charge is 2.47. The standard InChI is InChI=1S/C26H21FN2O7/c1-13-9-14(2)25(36-3)18(10-13)23(31)21-22(15-7-8-20(30)19(11-15)29(34)35)28(26(33)24(21)32)17-6-4-5-16(27)12-17/h4-12,22,30-31H,1-3H3/b23-21+. The minimum atomic E-state index is -1.36. The first-order valence-corrected chi connectivity index (χ1v) is 10.7. The number of carbonyl (C=O) groups is 2. The van der Waals surface area contributed by atoms with E-state index < -0.39 is 45.7 Å². The van der Waals surface area contributed by atoms with Gasteiger partial charge in [0.05, 0.1) is 29.2 Å². The topological polar surface area (TPSA) is 130 Å². The lowest BCUT2D eigenvalue weighted by atomic mass is 9.93. The number of hydrogen-bond donors (Lipinski definition) is 2. The SMILES string of the molecule is COc1c(C)cc(C)cc1/C(O)=C1\C(=O)C(=O)N(c2cccc(F)c2)C1c1ccc(O)c([N+](=O)[O-])c1. The first kappa shape index (κ1) is 24.4. The third-order valence-corrected chi connectivity index (χ3v) is 5.92. The van der Waals surface area contributed by atoms with E-state index in [4.69, 9.17) is 4.74 Å². The Morgan fingerprint density at radius 3 is 2.47 bits per heavy atom. The normalized spacial score (nSPS) is 16.9. The molecule has 1 fully saturated rings. The molecule has 1 amide bonds. The Morgan fingerprint density at radius 2 is 1.83 bits per heavy atom. The summed E-state index contributed by atoms with van der Waals surface area (Å²) < 4.78 is 19.5.